The number of fused-ring (bicyclic) bond motifs is 6. The second kappa shape index (κ2) is 6.30. The standard InChI is InChI=1S/C27H17N3S/c1-2-10-18(11-3-1)29-23-16-8-6-14-21(23)28-27(29)30-22-15-7-4-12-19(22)25-20-13-5-9-17-24(20)31-26(25)30/h1-17H. The van der Waals surface area contributed by atoms with Crippen LogP contribution in [0.25, 0.3) is 53.9 Å². The number of hydrogen-bond donors (Lipinski definition) is 0. The van der Waals surface area contributed by atoms with E-state index in [1.165, 1.54) is 31.2 Å². The van der Waals surface area contributed by atoms with Crippen molar-refractivity contribution in [2.45, 2.75) is 0 Å². The fourth-order valence-electron chi connectivity index (χ4n) is 4.63. The zero-order valence-electron chi connectivity index (χ0n) is 16.6. The Kier molecular flexibility index (Phi) is 3.43. The number of imidazole rings is 1. The molecule has 0 aliphatic carbocycles. The Balaban J connectivity index is 1.70. The molecular weight excluding hydrogens is 398 g/mol. The van der Waals surface area contributed by atoms with E-state index in [1.807, 2.05) is 11.3 Å². The molecule has 0 N–H and O–H groups in total. The van der Waals surface area contributed by atoms with Gasteiger partial charge in [0.1, 0.15) is 4.83 Å². The number of aromatic nitrogens is 3. The van der Waals surface area contributed by atoms with E-state index >= 15 is 0 Å². The van der Waals surface area contributed by atoms with Gasteiger partial charge in [0.25, 0.3) is 0 Å². The Morgan fingerprint density at radius 3 is 2.13 bits per heavy atom. The first-order valence-electron chi connectivity index (χ1n) is 10.3. The highest BCUT2D eigenvalue weighted by atomic mass is 32.1. The summed E-state index contributed by atoms with van der Waals surface area (Å²) in [6, 6.07) is 36.2. The van der Waals surface area contributed by atoms with Crippen LogP contribution in [0, 0.1) is 0 Å². The van der Waals surface area contributed by atoms with Crippen molar-refractivity contribution in [3.8, 4) is 11.6 Å². The predicted molar refractivity (Wildman–Crippen MR) is 131 cm³/mol. The van der Waals surface area contributed by atoms with Crippen molar-refractivity contribution in [2.75, 3.05) is 0 Å². The third-order valence-corrected chi connectivity index (χ3v) is 7.11. The Morgan fingerprint density at radius 2 is 1.26 bits per heavy atom. The van der Waals surface area contributed by atoms with Gasteiger partial charge >= 0.3 is 0 Å². The van der Waals surface area contributed by atoms with Gasteiger partial charge in [-0.15, -0.1) is 11.3 Å². The minimum atomic E-state index is 0.921. The Morgan fingerprint density at radius 1 is 0.581 bits per heavy atom. The van der Waals surface area contributed by atoms with Gasteiger partial charge in [0, 0.05) is 26.5 Å². The largest absolute Gasteiger partial charge is 0.278 e. The molecule has 0 aliphatic heterocycles. The summed E-state index contributed by atoms with van der Waals surface area (Å²) in [6.45, 7) is 0. The van der Waals surface area contributed by atoms with Gasteiger partial charge in [-0.3, -0.25) is 9.13 Å². The van der Waals surface area contributed by atoms with Crippen molar-refractivity contribution in [1.82, 2.24) is 14.1 Å². The van der Waals surface area contributed by atoms with E-state index in [0.29, 0.717) is 0 Å². The van der Waals surface area contributed by atoms with Crippen LogP contribution in [0.3, 0.4) is 0 Å². The van der Waals surface area contributed by atoms with Gasteiger partial charge in [0.15, 0.2) is 0 Å². The van der Waals surface area contributed by atoms with Crippen molar-refractivity contribution in [2.24, 2.45) is 0 Å². The molecule has 7 rings (SSSR count). The van der Waals surface area contributed by atoms with Crippen LogP contribution in [0.5, 0.6) is 0 Å². The molecule has 3 nitrogen and oxygen atoms in total. The molecule has 0 amide bonds. The molecule has 0 spiro atoms. The number of hydrogen-bond acceptors (Lipinski definition) is 2. The van der Waals surface area contributed by atoms with Crippen molar-refractivity contribution >= 4 is 53.6 Å². The van der Waals surface area contributed by atoms with Gasteiger partial charge in [0.2, 0.25) is 5.95 Å². The highest BCUT2D eigenvalue weighted by Gasteiger charge is 2.22. The zero-order chi connectivity index (χ0) is 20.4. The van der Waals surface area contributed by atoms with Crippen LogP contribution >= 0.6 is 11.3 Å². The SMILES string of the molecule is c1ccc(-n2c(-n3c4ccccc4c4c5ccccc5sc43)nc3ccccc32)cc1. The van der Waals surface area contributed by atoms with Gasteiger partial charge in [-0.25, -0.2) is 4.98 Å². The first-order valence-corrected chi connectivity index (χ1v) is 11.2. The van der Waals surface area contributed by atoms with E-state index in [4.69, 9.17) is 4.98 Å². The fraction of sp³-hybridized carbons (Fsp3) is 0. The summed E-state index contributed by atoms with van der Waals surface area (Å²) in [4.78, 5) is 6.37. The van der Waals surface area contributed by atoms with Gasteiger partial charge in [-0.05, 0) is 36.4 Å². The summed E-state index contributed by atoms with van der Waals surface area (Å²) in [5, 5.41) is 3.88. The molecule has 3 heterocycles. The lowest BCUT2D eigenvalue weighted by Gasteiger charge is -2.11. The van der Waals surface area contributed by atoms with E-state index in [2.05, 4.69) is 112 Å². The molecule has 146 valence electrons. The van der Waals surface area contributed by atoms with Crippen molar-refractivity contribution < 1.29 is 0 Å². The third kappa shape index (κ3) is 2.31. The van der Waals surface area contributed by atoms with Crippen LogP contribution in [0.2, 0.25) is 0 Å². The first-order chi connectivity index (χ1) is 15.4. The van der Waals surface area contributed by atoms with E-state index in [9.17, 15) is 0 Å². The second-order valence-corrected chi connectivity index (χ2v) is 8.73. The van der Waals surface area contributed by atoms with Gasteiger partial charge in [-0.2, -0.15) is 0 Å². The normalized spacial score (nSPS) is 11.9. The minimum Gasteiger partial charge on any atom is -0.278 e. The molecule has 0 aliphatic rings. The van der Waals surface area contributed by atoms with Crippen LogP contribution in [-0.2, 0) is 0 Å². The summed E-state index contributed by atoms with van der Waals surface area (Å²) in [5.41, 5.74) is 4.39. The predicted octanol–water partition coefficient (Wildman–Crippen LogP) is 7.34. The van der Waals surface area contributed by atoms with Crippen molar-refractivity contribution in [3.63, 3.8) is 0 Å². The molecule has 4 aromatic carbocycles. The average molecular weight is 416 g/mol. The van der Waals surface area contributed by atoms with E-state index in [0.717, 1.165) is 22.7 Å². The van der Waals surface area contributed by atoms with Crippen LogP contribution < -0.4 is 0 Å². The number of rotatable bonds is 2. The molecular formula is C27H17N3S. The maximum absolute atomic E-state index is 5.13. The number of para-hydroxylation sites is 4. The molecule has 31 heavy (non-hydrogen) atoms. The maximum Gasteiger partial charge on any atom is 0.221 e. The Labute approximate surface area is 182 Å². The maximum atomic E-state index is 5.13. The first kappa shape index (κ1) is 16.9. The van der Waals surface area contributed by atoms with Gasteiger partial charge in [0.05, 0.1) is 16.6 Å². The van der Waals surface area contributed by atoms with Gasteiger partial charge in [-0.1, -0.05) is 66.7 Å². The Hall–Kier alpha value is -3.89. The zero-order valence-corrected chi connectivity index (χ0v) is 17.4. The fourth-order valence-corrected chi connectivity index (χ4v) is 5.86. The van der Waals surface area contributed by atoms with Crippen LogP contribution in [0.15, 0.2) is 103 Å². The topological polar surface area (TPSA) is 22.8 Å². The third-order valence-electron chi connectivity index (χ3n) is 5.95. The lowest BCUT2D eigenvalue weighted by atomic mass is 10.1. The average Bonchev–Trinajstić information content (AvgIpc) is 3.48. The summed E-state index contributed by atoms with van der Waals surface area (Å²) in [5.74, 6) is 0.921. The summed E-state index contributed by atoms with van der Waals surface area (Å²) >= 11 is 1.83. The van der Waals surface area contributed by atoms with Crippen LogP contribution in [-0.4, -0.2) is 14.1 Å². The van der Waals surface area contributed by atoms with Crippen molar-refractivity contribution in [3.05, 3.63) is 103 Å². The van der Waals surface area contributed by atoms with E-state index in [-0.39, 0.29) is 0 Å². The molecule has 3 aromatic heterocycles. The number of benzene rings is 4. The quantitative estimate of drug-likeness (QED) is 0.290. The molecule has 7 aromatic rings. The number of thiophene rings is 1. The lowest BCUT2D eigenvalue weighted by molar-refractivity contribution is 0.960. The van der Waals surface area contributed by atoms with Crippen LogP contribution in [0.1, 0.15) is 0 Å². The smallest absolute Gasteiger partial charge is 0.221 e. The molecule has 0 atom stereocenters. The second-order valence-electron chi connectivity index (χ2n) is 7.70. The number of nitrogens with zero attached hydrogens (tertiary/aromatic N) is 3. The molecule has 0 saturated heterocycles. The summed E-state index contributed by atoms with van der Waals surface area (Å²) in [7, 11) is 0. The van der Waals surface area contributed by atoms with Crippen molar-refractivity contribution in [1.29, 1.82) is 0 Å². The molecule has 0 unspecified atom stereocenters. The minimum absolute atomic E-state index is 0.921. The highest BCUT2D eigenvalue weighted by Crippen LogP contribution is 2.42. The lowest BCUT2D eigenvalue weighted by Crippen LogP contribution is -2.04. The highest BCUT2D eigenvalue weighted by molar-refractivity contribution is 7.25. The Bertz CT molecular complexity index is 1730. The van der Waals surface area contributed by atoms with E-state index < -0.39 is 0 Å². The van der Waals surface area contributed by atoms with Gasteiger partial charge < -0.3 is 0 Å². The molecule has 0 saturated carbocycles. The monoisotopic (exact) mass is 415 g/mol. The molecule has 0 fully saturated rings. The summed E-state index contributed by atoms with van der Waals surface area (Å²) in [6.07, 6.45) is 0. The molecule has 4 heteroatoms. The summed E-state index contributed by atoms with van der Waals surface area (Å²) < 4.78 is 5.91. The van der Waals surface area contributed by atoms with E-state index in [1.54, 1.807) is 0 Å². The van der Waals surface area contributed by atoms with Crippen LogP contribution in [0.4, 0.5) is 0 Å². The molecule has 0 bridgehead atoms. The molecule has 0 radical (unpaired) electrons.